The van der Waals surface area contributed by atoms with Crippen LogP contribution in [0, 0.1) is 5.92 Å². The third kappa shape index (κ3) is 3.57. The van der Waals surface area contributed by atoms with Gasteiger partial charge in [0.15, 0.2) is 0 Å². The van der Waals surface area contributed by atoms with Gasteiger partial charge in [0.25, 0.3) is 0 Å². The highest BCUT2D eigenvalue weighted by Gasteiger charge is 2.41. The van der Waals surface area contributed by atoms with Crippen LogP contribution in [0.5, 0.6) is 0 Å². The van der Waals surface area contributed by atoms with Crippen molar-refractivity contribution < 1.29 is 9.59 Å². The van der Waals surface area contributed by atoms with Crippen LogP contribution >= 0.6 is 0 Å². The summed E-state index contributed by atoms with van der Waals surface area (Å²) in [5.74, 6) is 0.387. The van der Waals surface area contributed by atoms with Crippen LogP contribution in [0.25, 0.3) is 0 Å². The van der Waals surface area contributed by atoms with E-state index in [-0.39, 0.29) is 17.7 Å². The summed E-state index contributed by atoms with van der Waals surface area (Å²) in [5.41, 5.74) is 2.19. The summed E-state index contributed by atoms with van der Waals surface area (Å²) in [6.45, 7) is 4.87. The predicted octanol–water partition coefficient (Wildman–Crippen LogP) is 3.29. The minimum absolute atomic E-state index is 0.0767. The van der Waals surface area contributed by atoms with Crippen LogP contribution in [-0.2, 0) is 9.59 Å². The van der Waals surface area contributed by atoms with Crippen LogP contribution in [0.15, 0.2) is 24.3 Å². The van der Waals surface area contributed by atoms with Gasteiger partial charge < -0.3 is 15.1 Å². The molecule has 3 aliphatic heterocycles. The molecule has 0 aromatic heterocycles. The van der Waals surface area contributed by atoms with Crippen LogP contribution in [-0.4, -0.2) is 48.4 Å². The molecule has 152 valence electrons. The fourth-order valence-corrected chi connectivity index (χ4v) is 5.29. The Morgan fingerprint density at radius 2 is 1.93 bits per heavy atom. The molecule has 1 aromatic carbocycles. The Bertz CT molecular complexity index is 737. The van der Waals surface area contributed by atoms with E-state index in [9.17, 15) is 9.59 Å². The van der Waals surface area contributed by atoms with E-state index >= 15 is 0 Å². The number of carbonyl (C=O) groups is 2. The Labute approximate surface area is 168 Å². The summed E-state index contributed by atoms with van der Waals surface area (Å²) in [7, 11) is 1.94. The minimum atomic E-state index is -0.227. The molecular formula is C23H33N3O2. The van der Waals surface area contributed by atoms with Crippen LogP contribution in [0.2, 0.25) is 0 Å². The second kappa shape index (κ2) is 7.86. The largest absolute Gasteiger partial charge is 0.342 e. The molecule has 1 N–H and O–H groups in total. The Balaban J connectivity index is 1.47. The molecule has 4 atom stereocenters. The first-order chi connectivity index (χ1) is 13.5. The standard InChI is InChI=1S/C23H33N3O2/c1-4-15(2)20-7-5-6-8-21(20)26-14-16(11-22(26)27)23(28)25(3)19-12-17-9-10-18(13-19)24-17/h5-8,15-19,24H,4,9-14H2,1-3H3. The summed E-state index contributed by atoms with van der Waals surface area (Å²) < 4.78 is 0. The lowest BCUT2D eigenvalue weighted by atomic mass is 9.96. The smallest absolute Gasteiger partial charge is 0.228 e. The number of hydrogen-bond donors (Lipinski definition) is 1. The number of anilines is 1. The Morgan fingerprint density at radius 1 is 1.25 bits per heavy atom. The summed E-state index contributed by atoms with van der Waals surface area (Å²) >= 11 is 0. The molecule has 2 amide bonds. The number of nitrogens with one attached hydrogen (secondary N) is 1. The SMILES string of the molecule is CCC(C)c1ccccc1N1CC(C(=O)N(C)C2CC3CCC(C2)N3)CC1=O. The maximum atomic E-state index is 13.2. The lowest BCUT2D eigenvalue weighted by molar-refractivity contribution is -0.137. The number of amides is 2. The summed E-state index contributed by atoms with van der Waals surface area (Å²) in [6.07, 6.45) is 5.90. The third-order valence-electron chi connectivity index (χ3n) is 7.19. The highest BCUT2D eigenvalue weighted by atomic mass is 16.2. The number of carbonyl (C=O) groups excluding carboxylic acids is 2. The zero-order chi connectivity index (χ0) is 19.8. The monoisotopic (exact) mass is 383 g/mol. The van der Waals surface area contributed by atoms with Crippen molar-refractivity contribution in [3.8, 4) is 0 Å². The molecular weight excluding hydrogens is 350 g/mol. The van der Waals surface area contributed by atoms with Crippen LogP contribution in [0.3, 0.4) is 0 Å². The molecule has 4 unspecified atom stereocenters. The van der Waals surface area contributed by atoms with Crippen LogP contribution < -0.4 is 10.2 Å². The van der Waals surface area contributed by atoms with E-state index in [2.05, 4.69) is 25.2 Å². The quantitative estimate of drug-likeness (QED) is 0.849. The van der Waals surface area contributed by atoms with E-state index in [1.807, 2.05) is 35.0 Å². The fourth-order valence-electron chi connectivity index (χ4n) is 5.29. The number of hydrogen-bond acceptors (Lipinski definition) is 3. The molecule has 3 heterocycles. The average Bonchev–Trinajstić information content (AvgIpc) is 3.27. The molecule has 0 aliphatic carbocycles. The molecule has 2 bridgehead atoms. The molecule has 28 heavy (non-hydrogen) atoms. The van der Waals surface area contributed by atoms with Gasteiger partial charge in [-0.2, -0.15) is 0 Å². The van der Waals surface area contributed by atoms with Crippen molar-refractivity contribution in [1.82, 2.24) is 10.2 Å². The molecule has 5 heteroatoms. The number of nitrogens with zero attached hydrogens (tertiary/aromatic N) is 2. The third-order valence-corrected chi connectivity index (χ3v) is 7.19. The molecule has 1 aromatic rings. The first-order valence-corrected chi connectivity index (χ1v) is 10.9. The second-order valence-corrected chi connectivity index (χ2v) is 8.99. The summed E-state index contributed by atoms with van der Waals surface area (Å²) in [4.78, 5) is 29.8. The van der Waals surface area contributed by atoms with Crippen molar-refractivity contribution >= 4 is 17.5 Å². The van der Waals surface area contributed by atoms with Gasteiger partial charge in [0.2, 0.25) is 11.8 Å². The van der Waals surface area contributed by atoms with Crippen molar-refractivity contribution in [1.29, 1.82) is 0 Å². The van der Waals surface area contributed by atoms with Gasteiger partial charge in [0.05, 0.1) is 5.92 Å². The van der Waals surface area contributed by atoms with Gasteiger partial charge in [-0.1, -0.05) is 32.0 Å². The van der Waals surface area contributed by atoms with Gasteiger partial charge >= 0.3 is 0 Å². The minimum Gasteiger partial charge on any atom is -0.342 e. The first-order valence-electron chi connectivity index (χ1n) is 10.9. The molecule has 0 spiro atoms. The molecule has 3 saturated heterocycles. The Morgan fingerprint density at radius 3 is 2.61 bits per heavy atom. The van der Waals surface area contributed by atoms with E-state index < -0.39 is 0 Å². The van der Waals surface area contributed by atoms with Crippen molar-refractivity contribution in [2.24, 2.45) is 5.92 Å². The number of fused-ring (bicyclic) bond motifs is 2. The van der Waals surface area contributed by atoms with Crippen molar-refractivity contribution in [2.45, 2.75) is 76.4 Å². The average molecular weight is 384 g/mol. The summed E-state index contributed by atoms with van der Waals surface area (Å²) in [5, 5.41) is 3.64. The summed E-state index contributed by atoms with van der Waals surface area (Å²) in [6, 6.07) is 9.59. The Kier molecular flexibility index (Phi) is 5.46. The zero-order valence-electron chi connectivity index (χ0n) is 17.4. The van der Waals surface area contributed by atoms with Crippen molar-refractivity contribution in [3.63, 3.8) is 0 Å². The van der Waals surface area contributed by atoms with E-state index in [0.29, 0.717) is 37.0 Å². The maximum absolute atomic E-state index is 13.2. The van der Waals surface area contributed by atoms with Gasteiger partial charge in [0.1, 0.15) is 0 Å². The normalized spacial score (nSPS) is 30.5. The number of benzene rings is 1. The van der Waals surface area contributed by atoms with E-state index in [1.165, 1.54) is 18.4 Å². The molecule has 0 radical (unpaired) electrons. The van der Waals surface area contributed by atoms with Crippen molar-refractivity contribution in [2.75, 3.05) is 18.5 Å². The number of rotatable bonds is 5. The van der Waals surface area contributed by atoms with E-state index in [0.717, 1.165) is 24.9 Å². The van der Waals surface area contributed by atoms with Gasteiger partial charge in [0, 0.05) is 43.8 Å². The first kappa shape index (κ1) is 19.4. The van der Waals surface area contributed by atoms with Crippen LogP contribution in [0.4, 0.5) is 5.69 Å². The molecule has 0 saturated carbocycles. The van der Waals surface area contributed by atoms with Gasteiger partial charge in [-0.15, -0.1) is 0 Å². The van der Waals surface area contributed by atoms with Crippen LogP contribution in [0.1, 0.15) is 63.9 Å². The van der Waals surface area contributed by atoms with E-state index in [1.54, 1.807) is 0 Å². The van der Waals surface area contributed by atoms with Gasteiger partial charge in [-0.05, 0) is 49.7 Å². The highest BCUT2D eigenvalue weighted by Crippen LogP contribution is 2.35. The molecule has 3 aliphatic rings. The van der Waals surface area contributed by atoms with Gasteiger partial charge in [-0.25, -0.2) is 0 Å². The second-order valence-electron chi connectivity index (χ2n) is 8.99. The zero-order valence-corrected chi connectivity index (χ0v) is 17.4. The number of para-hydroxylation sites is 1. The van der Waals surface area contributed by atoms with Crippen molar-refractivity contribution in [3.05, 3.63) is 29.8 Å². The molecule has 5 nitrogen and oxygen atoms in total. The lowest BCUT2D eigenvalue weighted by Gasteiger charge is -2.36. The molecule has 3 fully saturated rings. The van der Waals surface area contributed by atoms with E-state index in [4.69, 9.17) is 0 Å². The Hall–Kier alpha value is -1.88. The number of piperidine rings is 1. The maximum Gasteiger partial charge on any atom is 0.228 e. The predicted molar refractivity (Wildman–Crippen MR) is 111 cm³/mol. The van der Waals surface area contributed by atoms with Gasteiger partial charge in [-0.3, -0.25) is 9.59 Å². The fraction of sp³-hybridized carbons (Fsp3) is 0.652. The molecule has 4 rings (SSSR count). The lowest BCUT2D eigenvalue weighted by Crippen LogP contribution is -2.50. The topological polar surface area (TPSA) is 52.7 Å². The highest BCUT2D eigenvalue weighted by molar-refractivity contribution is 6.00.